The van der Waals surface area contributed by atoms with Gasteiger partial charge in [-0.2, -0.15) is 0 Å². The SMILES string of the molecule is COC(=O)C1CCCCC1C(=O)[O-]. The Kier molecular flexibility index (Phi) is 3.28. The Morgan fingerprint density at radius 1 is 1.23 bits per heavy atom. The predicted molar refractivity (Wildman–Crippen MR) is 42.5 cm³/mol. The Morgan fingerprint density at radius 3 is 2.23 bits per heavy atom. The van der Waals surface area contributed by atoms with Crippen molar-refractivity contribution in [3.05, 3.63) is 0 Å². The smallest absolute Gasteiger partial charge is 0.309 e. The molecule has 2 atom stereocenters. The lowest BCUT2D eigenvalue weighted by atomic mass is 9.79. The molecular weight excluding hydrogens is 172 g/mol. The van der Waals surface area contributed by atoms with Crippen LogP contribution in [0.5, 0.6) is 0 Å². The van der Waals surface area contributed by atoms with Gasteiger partial charge in [0.05, 0.1) is 13.0 Å². The maximum atomic E-state index is 11.2. The number of methoxy groups -OCH3 is 1. The van der Waals surface area contributed by atoms with Crippen LogP contribution in [0.1, 0.15) is 25.7 Å². The van der Waals surface area contributed by atoms with Crippen LogP contribution in [0.3, 0.4) is 0 Å². The number of carboxylic acid groups (broad SMARTS) is 1. The van der Waals surface area contributed by atoms with Crippen molar-refractivity contribution in [2.75, 3.05) is 7.11 Å². The number of carbonyl (C=O) groups excluding carboxylic acids is 2. The van der Waals surface area contributed by atoms with Crippen molar-refractivity contribution < 1.29 is 19.4 Å². The molecule has 0 amide bonds. The highest BCUT2D eigenvalue weighted by atomic mass is 16.5. The van der Waals surface area contributed by atoms with Gasteiger partial charge in [0.25, 0.3) is 0 Å². The molecule has 0 spiro atoms. The van der Waals surface area contributed by atoms with Crippen molar-refractivity contribution in [2.45, 2.75) is 25.7 Å². The molecule has 4 heteroatoms. The van der Waals surface area contributed by atoms with E-state index >= 15 is 0 Å². The van der Waals surface area contributed by atoms with Gasteiger partial charge in [-0.1, -0.05) is 12.8 Å². The number of aliphatic carboxylic acids is 1. The Morgan fingerprint density at radius 2 is 1.77 bits per heavy atom. The van der Waals surface area contributed by atoms with Gasteiger partial charge in [-0.3, -0.25) is 4.79 Å². The third kappa shape index (κ3) is 2.20. The molecule has 0 saturated heterocycles. The third-order valence-electron chi connectivity index (χ3n) is 2.57. The number of esters is 1. The van der Waals surface area contributed by atoms with Crippen molar-refractivity contribution in [3.63, 3.8) is 0 Å². The summed E-state index contributed by atoms with van der Waals surface area (Å²) in [5, 5.41) is 10.7. The maximum absolute atomic E-state index is 11.2. The molecule has 1 rings (SSSR count). The molecule has 4 nitrogen and oxygen atoms in total. The molecule has 1 fully saturated rings. The predicted octanol–water partition coefficient (Wildman–Crippen LogP) is -0.284. The lowest BCUT2D eigenvalue weighted by Gasteiger charge is -2.29. The first kappa shape index (κ1) is 10.0. The summed E-state index contributed by atoms with van der Waals surface area (Å²) in [6, 6.07) is 0. The lowest BCUT2D eigenvalue weighted by Crippen LogP contribution is -2.41. The third-order valence-corrected chi connectivity index (χ3v) is 2.57. The average Bonchev–Trinajstić information content (AvgIpc) is 2.16. The van der Waals surface area contributed by atoms with E-state index in [1.165, 1.54) is 7.11 Å². The molecule has 2 unspecified atom stereocenters. The zero-order valence-electron chi connectivity index (χ0n) is 7.62. The molecular formula is C9H13O4-. The number of hydrogen-bond donors (Lipinski definition) is 0. The van der Waals surface area contributed by atoms with Crippen LogP contribution in [-0.2, 0) is 14.3 Å². The van der Waals surface area contributed by atoms with Crippen LogP contribution in [-0.4, -0.2) is 19.0 Å². The van der Waals surface area contributed by atoms with Crippen LogP contribution in [0.15, 0.2) is 0 Å². The molecule has 0 radical (unpaired) electrons. The van der Waals surface area contributed by atoms with Gasteiger partial charge in [-0.15, -0.1) is 0 Å². The molecule has 13 heavy (non-hydrogen) atoms. The first-order valence-corrected chi connectivity index (χ1v) is 4.45. The standard InChI is InChI=1S/C9H14O4/c1-13-9(12)7-5-3-2-4-6(7)8(10)11/h6-7H,2-5H2,1H3,(H,10,11)/p-1. The Balaban J connectivity index is 2.67. The topological polar surface area (TPSA) is 66.4 Å². The van der Waals surface area contributed by atoms with Crippen molar-refractivity contribution in [3.8, 4) is 0 Å². The van der Waals surface area contributed by atoms with Gasteiger partial charge in [0.15, 0.2) is 0 Å². The lowest BCUT2D eigenvalue weighted by molar-refractivity contribution is -0.314. The zero-order valence-corrected chi connectivity index (χ0v) is 7.62. The minimum Gasteiger partial charge on any atom is -0.550 e. The van der Waals surface area contributed by atoms with Crippen LogP contribution in [0.2, 0.25) is 0 Å². The largest absolute Gasteiger partial charge is 0.550 e. The van der Waals surface area contributed by atoms with E-state index in [1.807, 2.05) is 0 Å². The van der Waals surface area contributed by atoms with Gasteiger partial charge >= 0.3 is 5.97 Å². The zero-order chi connectivity index (χ0) is 9.84. The van der Waals surface area contributed by atoms with E-state index in [9.17, 15) is 14.7 Å². The molecule has 0 aromatic heterocycles. The van der Waals surface area contributed by atoms with Gasteiger partial charge < -0.3 is 14.6 Å². The summed E-state index contributed by atoms with van der Waals surface area (Å²) in [5.74, 6) is -2.70. The summed E-state index contributed by atoms with van der Waals surface area (Å²) in [7, 11) is 1.28. The molecule has 74 valence electrons. The molecule has 0 heterocycles. The number of ether oxygens (including phenoxy) is 1. The number of hydrogen-bond acceptors (Lipinski definition) is 4. The summed E-state index contributed by atoms with van der Waals surface area (Å²) in [6.45, 7) is 0. The van der Waals surface area contributed by atoms with Gasteiger partial charge in [0, 0.05) is 11.9 Å². The van der Waals surface area contributed by atoms with E-state index < -0.39 is 23.8 Å². The van der Waals surface area contributed by atoms with E-state index in [4.69, 9.17) is 0 Å². The number of rotatable bonds is 2. The Labute approximate surface area is 76.9 Å². The molecule has 0 aromatic carbocycles. The monoisotopic (exact) mass is 185 g/mol. The minimum atomic E-state index is -1.13. The van der Waals surface area contributed by atoms with Crippen molar-refractivity contribution in [1.29, 1.82) is 0 Å². The number of carboxylic acids is 1. The van der Waals surface area contributed by atoms with Crippen molar-refractivity contribution in [2.24, 2.45) is 11.8 Å². The summed E-state index contributed by atoms with van der Waals surface area (Å²) in [6.07, 6.45) is 2.88. The van der Waals surface area contributed by atoms with Gasteiger partial charge in [-0.05, 0) is 12.8 Å². The molecule has 1 aliphatic rings. The second-order valence-electron chi connectivity index (χ2n) is 3.34. The maximum Gasteiger partial charge on any atom is 0.309 e. The fraction of sp³-hybridized carbons (Fsp3) is 0.778. The fourth-order valence-corrected chi connectivity index (χ4v) is 1.85. The van der Waals surface area contributed by atoms with Gasteiger partial charge in [0.1, 0.15) is 0 Å². The summed E-state index contributed by atoms with van der Waals surface area (Å²) in [4.78, 5) is 21.8. The molecule has 0 aliphatic heterocycles. The van der Waals surface area contributed by atoms with Crippen LogP contribution < -0.4 is 5.11 Å². The summed E-state index contributed by atoms with van der Waals surface area (Å²) in [5.41, 5.74) is 0. The van der Waals surface area contributed by atoms with Crippen LogP contribution in [0.4, 0.5) is 0 Å². The van der Waals surface area contributed by atoms with Gasteiger partial charge in [0.2, 0.25) is 0 Å². The Hall–Kier alpha value is -1.06. The van der Waals surface area contributed by atoms with Crippen LogP contribution in [0.25, 0.3) is 0 Å². The molecule has 0 aromatic rings. The van der Waals surface area contributed by atoms with Crippen molar-refractivity contribution >= 4 is 11.9 Å². The highest BCUT2D eigenvalue weighted by molar-refractivity contribution is 5.80. The molecule has 0 bridgehead atoms. The first-order chi connectivity index (χ1) is 6.16. The highest BCUT2D eigenvalue weighted by Crippen LogP contribution is 2.30. The van der Waals surface area contributed by atoms with E-state index in [-0.39, 0.29) is 0 Å². The average molecular weight is 185 g/mol. The van der Waals surface area contributed by atoms with E-state index in [0.29, 0.717) is 12.8 Å². The summed E-state index contributed by atoms with van der Waals surface area (Å²) < 4.78 is 4.54. The summed E-state index contributed by atoms with van der Waals surface area (Å²) >= 11 is 0. The molecule has 1 aliphatic carbocycles. The number of carbonyl (C=O) groups is 2. The van der Waals surface area contributed by atoms with Crippen LogP contribution >= 0.6 is 0 Å². The minimum absolute atomic E-state index is 0.422. The second kappa shape index (κ2) is 4.25. The van der Waals surface area contributed by atoms with E-state index in [0.717, 1.165) is 12.8 Å². The quantitative estimate of drug-likeness (QED) is 0.555. The van der Waals surface area contributed by atoms with E-state index in [2.05, 4.69) is 4.74 Å². The van der Waals surface area contributed by atoms with Crippen molar-refractivity contribution in [1.82, 2.24) is 0 Å². The Bertz CT molecular complexity index is 212. The van der Waals surface area contributed by atoms with Gasteiger partial charge in [-0.25, -0.2) is 0 Å². The van der Waals surface area contributed by atoms with E-state index in [1.54, 1.807) is 0 Å². The fourth-order valence-electron chi connectivity index (χ4n) is 1.85. The van der Waals surface area contributed by atoms with Crippen LogP contribution in [0, 0.1) is 11.8 Å². The highest BCUT2D eigenvalue weighted by Gasteiger charge is 2.32. The molecule has 0 N–H and O–H groups in total. The first-order valence-electron chi connectivity index (χ1n) is 4.45. The normalized spacial score (nSPS) is 28.1. The second-order valence-corrected chi connectivity index (χ2v) is 3.34. The molecule has 1 saturated carbocycles.